The smallest absolute Gasteiger partial charge is 0.261 e. The third kappa shape index (κ3) is 4.42. The maximum atomic E-state index is 13.5. The Hall–Kier alpha value is -2.87. The molecule has 0 radical (unpaired) electrons. The Morgan fingerprint density at radius 1 is 1.14 bits per heavy atom. The highest BCUT2D eigenvalue weighted by Crippen LogP contribution is 2.32. The van der Waals surface area contributed by atoms with Gasteiger partial charge in [-0.05, 0) is 12.1 Å². The number of aromatic nitrogens is 2. The molecule has 1 aliphatic heterocycles. The molecule has 0 N–H and O–H groups in total. The standard InChI is InChI=1S/C21H20F3N3O2/c1-28-19-11-17-16(25-12-18(26-17)14-3-2-4-15(22)9-14)10-20(19)29-8-7-27-6-5-21(23,24)13-27/h2-4,9-12H,5-8,13H2,1H3. The molecule has 0 saturated carbocycles. The normalized spacial score (nSPS) is 16.3. The second kappa shape index (κ2) is 7.87. The van der Waals surface area contributed by atoms with Gasteiger partial charge >= 0.3 is 0 Å². The van der Waals surface area contributed by atoms with Crippen molar-refractivity contribution in [1.82, 2.24) is 14.9 Å². The number of ether oxygens (including phenoxy) is 2. The Morgan fingerprint density at radius 3 is 2.69 bits per heavy atom. The fraction of sp³-hybridized carbons (Fsp3) is 0.333. The van der Waals surface area contributed by atoms with Crippen molar-refractivity contribution in [3.63, 3.8) is 0 Å². The maximum Gasteiger partial charge on any atom is 0.261 e. The maximum absolute atomic E-state index is 13.5. The third-order valence-electron chi connectivity index (χ3n) is 4.86. The lowest BCUT2D eigenvalue weighted by Gasteiger charge is -2.17. The molecule has 5 nitrogen and oxygen atoms in total. The summed E-state index contributed by atoms with van der Waals surface area (Å²) in [4.78, 5) is 10.6. The Labute approximate surface area is 166 Å². The van der Waals surface area contributed by atoms with E-state index in [0.717, 1.165) is 0 Å². The number of alkyl halides is 2. The molecule has 1 aromatic heterocycles. The first kappa shape index (κ1) is 19.4. The van der Waals surface area contributed by atoms with E-state index >= 15 is 0 Å². The van der Waals surface area contributed by atoms with Crippen LogP contribution in [-0.4, -0.2) is 54.1 Å². The zero-order valence-corrected chi connectivity index (χ0v) is 15.9. The van der Waals surface area contributed by atoms with Crippen LogP contribution in [0, 0.1) is 5.82 Å². The molecule has 0 unspecified atom stereocenters. The van der Waals surface area contributed by atoms with Crippen molar-refractivity contribution in [1.29, 1.82) is 0 Å². The molecule has 0 amide bonds. The van der Waals surface area contributed by atoms with E-state index in [1.54, 1.807) is 35.4 Å². The molecular weight excluding hydrogens is 383 g/mol. The average Bonchev–Trinajstić information content (AvgIpc) is 3.05. The van der Waals surface area contributed by atoms with Crippen molar-refractivity contribution in [2.24, 2.45) is 0 Å². The van der Waals surface area contributed by atoms with Crippen LogP contribution < -0.4 is 9.47 Å². The van der Waals surface area contributed by atoms with Crippen LogP contribution in [0.15, 0.2) is 42.6 Å². The molecule has 29 heavy (non-hydrogen) atoms. The van der Waals surface area contributed by atoms with Gasteiger partial charge in [-0.2, -0.15) is 0 Å². The first-order valence-electron chi connectivity index (χ1n) is 9.27. The van der Waals surface area contributed by atoms with Crippen molar-refractivity contribution in [3.8, 4) is 22.8 Å². The molecule has 4 rings (SSSR count). The van der Waals surface area contributed by atoms with Gasteiger partial charge in [-0.25, -0.2) is 18.2 Å². The monoisotopic (exact) mass is 403 g/mol. The SMILES string of the molecule is COc1cc2nc(-c3cccc(F)c3)cnc2cc1OCCN1CCC(F)(F)C1. The van der Waals surface area contributed by atoms with Crippen molar-refractivity contribution in [3.05, 3.63) is 48.4 Å². The quantitative estimate of drug-likeness (QED) is 0.619. The number of halogens is 3. The van der Waals surface area contributed by atoms with Crippen LogP contribution in [0.2, 0.25) is 0 Å². The van der Waals surface area contributed by atoms with Crippen LogP contribution in [0.25, 0.3) is 22.3 Å². The van der Waals surface area contributed by atoms with Gasteiger partial charge in [0.15, 0.2) is 11.5 Å². The van der Waals surface area contributed by atoms with E-state index in [1.807, 2.05) is 0 Å². The average molecular weight is 403 g/mol. The summed E-state index contributed by atoms with van der Waals surface area (Å²) in [5.41, 5.74) is 2.34. The molecule has 152 valence electrons. The number of nitrogens with zero attached hydrogens (tertiary/aromatic N) is 3. The van der Waals surface area contributed by atoms with Gasteiger partial charge in [0, 0.05) is 37.2 Å². The highest BCUT2D eigenvalue weighted by atomic mass is 19.3. The van der Waals surface area contributed by atoms with Crippen LogP contribution in [-0.2, 0) is 0 Å². The highest BCUT2D eigenvalue weighted by Gasteiger charge is 2.37. The van der Waals surface area contributed by atoms with E-state index in [9.17, 15) is 13.2 Å². The lowest BCUT2D eigenvalue weighted by molar-refractivity contribution is 0.0112. The second-order valence-corrected chi connectivity index (χ2v) is 6.99. The highest BCUT2D eigenvalue weighted by molar-refractivity contribution is 5.81. The fourth-order valence-corrected chi connectivity index (χ4v) is 3.36. The molecule has 2 aromatic carbocycles. The molecule has 8 heteroatoms. The largest absolute Gasteiger partial charge is 0.493 e. The minimum absolute atomic E-state index is 0.116. The van der Waals surface area contributed by atoms with Gasteiger partial charge in [-0.1, -0.05) is 12.1 Å². The molecule has 2 heterocycles. The topological polar surface area (TPSA) is 47.5 Å². The van der Waals surface area contributed by atoms with Gasteiger partial charge in [-0.3, -0.25) is 9.88 Å². The van der Waals surface area contributed by atoms with Crippen LogP contribution >= 0.6 is 0 Å². The summed E-state index contributed by atoms with van der Waals surface area (Å²) in [7, 11) is 1.51. The van der Waals surface area contributed by atoms with Gasteiger partial charge in [-0.15, -0.1) is 0 Å². The first-order chi connectivity index (χ1) is 13.9. The molecule has 1 fully saturated rings. The lowest BCUT2D eigenvalue weighted by Crippen LogP contribution is -2.29. The van der Waals surface area contributed by atoms with E-state index in [1.165, 1.54) is 19.2 Å². The van der Waals surface area contributed by atoms with Crippen LogP contribution in [0.1, 0.15) is 6.42 Å². The van der Waals surface area contributed by atoms with Crippen molar-refractivity contribution < 1.29 is 22.6 Å². The van der Waals surface area contributed by atoms with Crippen LogP contribution in [0.4, 0.5) is 13.2 Å². The Bertz CT molecular complexity index is 1030. The van der Waals surface area contributed by atoms with E-state index in [2.05, 4.69) is 9.97 Å². The summed E-state index contributed by atoms with van der Waals surface area (Å²) in [6.45, 7) is 0.785. The van der Waals surface area contributed by atoms with Gasteiger partial charge in [0.25, 0.3) is 5.92 Å². The molecule has 0 spiro atoms. The number of methoxy groups -OCH3 is 1. The second-order valence-electron chi connectivity index (χ2n) is 6.99. The van der Waals surface area contributed by atoms with E-state index in [0.29, 0.717) is 46.9 Å². The van der Waals surface area contributed by atoms with Crippen molar-refractivity contribution >= 4 is 11.0 Å². The molecule has 1 aliphatic rings. The Kier molecular flexibility index (Phi) is 5.27. The van der Waals surface area contributed by atoms with Crippen LogP contribution in [0.3, 0.4) is 0 Å². The first-order valence-corrected chi connectivity index (χ1v) is 9.27. The molecule has 0 bridgehead atoms. The zero-order chi connectivity index (χ0) is 20.4. The van der Waals surface area contributed by atoms with Crippen molar-refractivity contribution in [2.45, 2.75) is 12.3 Å². The molecular formula is C21H20F3N3O2. The predicted molar refractivity (Wildman–Crippen MR) is 103 cm³/mol. The van der Waals surface area contributed by atoms with E-state index < -0.39 is 5.92 Å². The summed E-state index contributed by atoms with van der Waals surface area (Å²) in [6.07, 6.45) is 1.45. The minimum atomic E-state index is -2.62. The van der Waals surface area contributed by atoms with E-state index in [-0.39, 0.29) is 25.4 Å². The van der Waals surface area contributed by atoms with Gasteiger partial charge in [0.1, 0.15) is 12.4 Å². The minimum Gasteiger partial charge on any atom is -0.493 e. The number of hydrogen-bond donors (Lipinski definition) is 0. The fourth-order valence-electron chi connectivity index (χ4n) is 3.36. The Balaban J connectivity index is 1.52. The Morgan fingerprint density at radius 2 is 1.97 bits per heavy atom. The van der Waals surface area contributed by atoms with E-state index in [4.69, 9.17) is 9.47 Å². The van der Waals surface area contributed by atoms with Gasteiger partial charge in [0.05, 0.1) is 36.6 Å². The number of rotatable bonds is 6. The molecule has 1 saturated heterocycles. The van der Waals surface area contributed by atoms with Crippen molar-refractivity contribution in [2.75, 3.05) is 33.4 Å². The van der Waals surface area contributed by atoms with Gasteiger partial charge in [0.2, 0.25) is 0 Å². The summed E-state index contributed by atoms with van der Waals surface area (Å²) >= 11 is 0. The summed E-state index contributed by atoms with van der Waals surface area (Å²) in [6, 6.07) is 9.54. The molecule has 0 atom stereocenters. The third-order valence-corrected chi connectivity index (χ3v) is 4.86. The zero-order valence-electron chi connectivity index (χ0n) is 15.9. The number of fused-ring (bicyclic) bond motifs is 1. The number of likely N-dealkylation sites (tertiary alicyclic amines) is 1. The summed E-state index contributed by atoms with van der Waals surface area (Å²) in [5.74, 6) is -2.02. The number of hydrogen-bond acceptors (Lipinski definition) is 5. The summed E-state index contributed by atoms with van der Waals surface area (Å²) < 4.78 is 51.2. The predicted octanol–water partition coefficient (Wildman–Crippen LogP) is 4.16. The summed E-state index contributed by atoms with van der Waals surface area (Å²) in [5, 5.41) is 0. The lowest BCUT2D eigenvalue weighted by atomic mass is 10.1. The number of benzene rings is 2. The molecule has 0 aliphatic carbocycles. The molecule has 3 aromatic rings. The van der Waals surface area contributed by atoms with Crippen LogP contribution in [0.5, 0.6) is 11.5 Å². The van der Waals surface area contributed by atoms with Gasteiger partial charge < -0.3 is 9.47 Å².